The fourth-order valence-corrected chi connectivity index (χ4v) is 1.70. The predicted octanol–water partition coefficient (Wildman–Crippen LogP) is 2.11. The number of nitrogens with one attached hydrogen (secondary N) is 1. The summed E-state index contributed by atoms with van der Waals surface area (Å²) in [7, 11) is 1.73. The molecule has 2 amide bonds. The Morgan fingerprint density at radius 1 is 1.40 bits per heavy atom. The number of hydrogen-bond acceptors (Lipinski definition) is 3. The zero-order valence-corrected chi connectivity index (χ0v) is 12.7. The smallest absolute Gasteiger partial charge is 0.253 e. The van der Waals surface area contributed by atoms with Gasteiger partial charge >= 0.3 is 0 Å². The second-order valence-corrected chi connectivity index (χ2v) is 5.20. The fraction of sp³-hybridized carbons (Fsp3) is 0.429. The summed E-state index contributed by atoms with van der Waals surface area (Å²) >= 11 is 6.02. The van der Waals surface area contributed by atoms with Gasteiger partial charge in [-0.05, 0) is 32.0 Å². The molecule has 0 aliphatic rings. The maximum Gasteiger partial charge on any atom is 0.253 e. The van der Waals surface area contributed by atoms with Crippen LogP contribution in [0.15, 0.2) is 18.2 Å². The van der Waals surface area contributed by atoms with Crippen LogP contribution in [0.5, 0.6) is 0 Å². The second-order valence-electron chi connectivity index (χ2n) is 4.79. The molecule has 0 unspecified atom stereocenters. The van der Waals surface area contributed by atoms with Crippen molar-refractivity contribution in [2.75, 3.05) is 18.9 Å². The lowest BCUT2D eigenvalue weighted by Gasteiger charge is -2.22. The molecule has 1 rings (SSSR count). The molecular formula is C14H20ClN3O2. The first-order valence-corrected chi connectivity index (χ1v) is 6.81. The van der Waals surface area contributed by atoms with Crippen LogP contribution >= 0.6 is 11.6 Å². The molecule has 5 nitrogen and oxygen atoms in total. The van der Waals surface area contributed by atoms with Crippen molar-refractivity contribution in [2.45, 2.75) is 26.3 Å². The predicted molar refractivity (Wildman–Crippen MR) is 81.0 cm³/mol. The van der Waals surface area contributed by atoms with Crippen molar-refractivity contribution in [3.8, 4) is 0 Å². The van der Waals surface area contributed by atoms with Gasteiger partial charge in [0.1, 0.15) is 0 Å². The number of anilines is 1. The first-order chi connectivity index (χ1) is 9.36. The van der Waals surface area contributed by atoms with Crippen molar-refractivity contribution in [3.05, 3.63) is 28.8 Å². The molecule has 0 aliphatic heterocycles. The second kappa shape index (κ2) is 7.26. The maximum absolute atomic E-state index is 12.2. The van der Waals surface area contributed by atoms with E-state index in [1.165, 1.54) is 0 Å². The number of carbonyl (C=O) groups is 2. The number of halogens is 1. The number of rotatable bonds is 5. The number of amides is 2. The lowest BCUT2D eigenvalue weighted by Crippen LogP contribution is -2.33. The molecule has 20 heavy (non-hydrogen) atoms. The average molecular weight is 298 g/mol. The summed E-state index contributed by atoms with van der Waals surface area (Å²) in [6.45, 7) is 4.12. The summed E-state index contributed by atoms with van der Waals surface area (Å²) < 4.78 is 0. The Labute approximate surface area is 124 Å². The summed E-state index contributed by atoms with van der Waals surface area (Å²) in [5.74, 6) is -0.345. The zero-order chi connectivity index (χ0) is 15.3. The van der Waals surface area contributed by atoms with Gasteiger partial charge in [-0.15, -0.1) is 0 Å². The molecule has 0 atom stereocenters. The molecule has 0 radical (unpaired) electrons. The number of carbonyl (C=O) groups excluding carboxylic acids is 2. The van der Waals surface area contributed by atoms with Crippen LogP contribution in [0.25, 0.3) is 0 Å². The Morgan fingerprint density at radius 3 is 2.60 bits per heavy atom. The van der Waals surface area contributed by atoms with Crippen LogP contribution in [0.1, 0.15) is 30.6 Å². The summed E-state index contributed by atoms with van der Waals surface area (Å²) in [6.07, 6.45) is 0.209. The molecule has 1 aromatic carbocycles. The van der Waals surface area contributed by atoms with Crippen LogP contribution in [0.2, 0.25) is 5.02 Å². The van der Waals surface area contributed by atoms with Gasteiger partial charge in [-0.2, -0.15) is 0 Å². The first-order valence-electron chi connectivity index (χ1n) is 6.43. The van der Waals surface area contributed by atoms with Crippen LogP contribution in [0.3, 0.4) is 0 Å². The monoisotopic (exact) mass is 297 g/mol. The van der Waals surface area contributed by atoms with Gasteiger partial charge in [-0.25, -0.2) is 0 Å². The van der Waals surface area contributed by atoms with E-state index in [1.54, 1.807) is 30.1 Å². The molecule has 0 fully saturated rings. The average Bonchev–Trinajstić information content (AvgIpc) is 2.39. The Morgan fingerprint density at radius 2 is 2.05 bits per heavy atom. The quantitative estimate of drug-likeness (QED) is 0.874. The van der Waals surface area contributed by atoms with Gasteiger partial charge in [0.2, 0.25) is 5.91 Å². The number of nitrogens with two attached hydrogens (primary N) is 1. The molecule has 3 N–H and O–H groups in total. The highest BCUT2D eigenvalue weighted by atomic mass is 35.5. The van der Waals surface area contributed by atoms with E-state index < -0.39 is 0 Å². The summed E-state index contributed by atoms with van der Waals surface area (Å²) in [5.41, 5.74) is 6.22. The standard InChI is InChI=1S/C14H20ClN3O2/c1-9(2)18(3)14(20)10-4-5-11(15)12(8-10)17-13(19)6-7-16/h4-5,8-9H,6-7,16H2,1-3H3,(H,17,19). The van der Waals surface area contributed by atoms with Crippen LogP contribution < -0.4 is 11.1 Å². The van der Waals surface area contributed by atoms with E-state index in [4.69, 9.17) is 17.3 Å². The van der Waals surface area contributed by atoms with Crippen molar-refractivity contribution in [3.63, 3.8) is 0 Å². The summed E-state index contributed by atoms with van der Waals surface area (Å²) in [5, 5.41) is 3.04. The van der Waals surface area contributed by atoms with Crippen molar-refractivity contribution in [1.82, 2.24) is 4.90 Å². The van der Waals surface area contributed by atoms with E-state index >= 15 is 0 Å². The third-order valence-electron chi connectivity index (χ3n) is 2.95. The van der Waals surface area contributed by atoms with E-state index in [9.17, 15) is 9.59 Å². The van der Waals surface area contributed by atoms with Gasteiger partial charge in [0.25, 0.3) is 5.91 Å². The summed E-state index contributed by atoms with van der Waals surface area (Å²) in [4.78, 5) is 25.4. The number of benzene rings is 1. The molecule has 6 heteroatoms. The number of nitrogens with zero attached hydrogens (tertiary/aromatic N) is 1. The molecule has 0 spiro atoms. The van der Waals surface area contributed by atoms with Gasteiger partial charge in [0, 0.05) is 31.6 Å². The zero-order valence-electron chi connectivity index (χ0n) is 11.9. The van der Waals surface area contributed by atoms with Gasteiger partial charge in [0.15, 0.2) is 0 Å². The van der Waals surface area contributed by atoms with Crippen molar-refractivity contribution in [2.24, 2.45) is 5.73 Å². The Kier molecular flexibility index (Phi) is 5.98. The highest BCUT2D eigenvalue weighted by Crippen LogP contribution is 2.24. The van der Waals surface area contributed by atoms with Crippen LogP contribution in [-0.2, 0) is 4.79 Å². The Hall–Kier alpha value is -1.59. The summed E-state index contributed by atoms with van der Waals surface area (Å²) in [6, 6.07) is 4.91. The van der Waals surface area contributed by atoms with Gasteiger partial charge in [0.05, 0.1) is 10.7 Å². The van der Waals surface area contributed by atoms with Crippen LogP contribution in [0.4, 0.5) is 5.69 Å². The van der Waals surface area contributed by atoms with Crippen LogP contribution in [-0.4, -0.2) is 36.3 Å². The Balaban J connectivity index is 2.96. The lowest BCUT2D eigenvalue weighted by atomic mass is 10.1. The van der Waals surface area contributed by atoms with E-state index in [0.717, 1.165) is 0 Å². The van der Waals surface area contributed by atoms with E-state index in [2.05, 4.69) is 5.32 Å². The van der Waals surface area contributed by atoms with Crippen molar-refractivity contribution < 1.29 is 9.59 Å². The maximum atomic E-state index is 12.2. The SMILES string of the molecule is CC(C)N(C)C(=O)c1ccc(Cl)c(NC(=O)CCN)c1. The van der Waals surface area contributed by atoms with Crippen LogP contribution in [0, 0.1) is 0 Å². The molecule has 0 saturated heterocycles. The largest absolute Gasteiger partial charge is 0.339 e. The topological polar surface area (TPSA) is 75.4 Å². The minimum Gasteiger partial charge on any atom is -0.339 e. The highest BCUT2D eigenvalue weighted by Gasteiger charge is 2.16. The van der Waals surface area contributed by atoms with Crippen molar-refractivity contribution in [1.29, 1.82) is 0 Å². The normalized spacial score (nSPS) is 10.5. The first kappa shape index (κ1) is 16.5. The number of hydrogen-bond donors (Lipinski definition) is 2. The van der Waals surface area contributed by atoms with E-state index in [-0.39, 0.29) is 30.8 Å². The third-order valence-corrected chi connectivity index (χ3v) is 3.28. The molecule has 0 bridgehead atoms. The molecule has 1 aromatic rings. The van der Waals surface area contributed by atoms with Gasteiger partial charge < -0.3 is 16.0 Å². The Bertz CT molecular complexity index is 503. The lowest BCUT2D eigenvalue weighted by molar-refractivity contribution is -0.116. The van der Waals surface area contributed by atoms with E-state index in [1.807, 2.05) is 13.8 Å². The molecule has 0 heterocycles. The fourth-order valence-electron chi connectivity index (χ4n) is 1.54. The molecule has 0 saturated carbocycles. The molecule has 110 valence electrons. The molecular weight excluding hydrogens is 278 g/mol. The highest BCUT2D eigenvalue weighted by molar-refractivity contribution is 6.33. The van der Waals surface area contributed by atoms with Crippen molar-refractivity contribution >= 4 is 29.1 Å². The molecule has 0 aliphatic carbocycles. The minimum atomic E-state index is -0.226. The molecule has 0 aromatic heterocycles. The van der Waals surface area contributed by atoms with Gasteiger partial charge in [-0.1, -0.05) is 11.6 Å². The van der Waals surface area contributed by atoms with Gasteiger partial charge in [-0.3, -0.25) is 9.59 Å². The minimum absolute atomic E-state index is 0.0912. The third kappa shape index (κ3) is 4.21. The van der Waals surface area contributed by atoms with E-state index in [0.29, 0.717) is 16.3 Å².